The van der Waals surface area contributed by atoms with Crippen LogP contribution in [0.4, 0.5) is 11.4 Å². The summed E-state index contributed by atoms with van der Waals surface area (Å²) in [4.78, 5) is 48.2. The molecule has 10 heteroatoms. The molecule has 10 nitrogen and oxygen atoms in total. The van der Waals surface area contributed by atoms with E-state index in [4.69, 9.17) is 4.74 Å². The number of anilines is 2. The van der Waals surface area contributed by atoms with E-state index in [2.05, 4.69) is 20.4 Å². The number of nitrogens with zero attached hydrogens (tertiary/aromatic N) is 5. The summed E-state index contributed by atoms with van der Waals surface area (Å²) in [5.74, 6) is -0.373. The second-order valence-electron chi connectivity index (χ2n) is 7.30. The van der Waals surface area contributed by atoms with Gasteiger partial charge in [0, 0.05) is 11.8 Å². The number of pyridine rings is 1. The van der Waals surface area contributed by atoms with Crippen LogP contribution in [-0.4, -0.2) is 44.1 Å². The molecule has 0 saturated heterocycles. The Hall–Kier alpha value is -4.86. The van der Waals surface area contributed by atoms with Crippen LogP contribution in [0, 0.1) is 0 Å². The molecule has 0 atom stereocenters. The second-order valence-corrected chi connectivity index (χ2v) is 7.30. The Bertz CT molecular complexity index is 1400. The number of imide groups is 1. The molecule has 0 fully saturated rings. The van der Waals surface area contributed by atoms with Crippen LogP contribution in [0.5, 0.6) is 5.75 Å². The van der Waals surface area contributed by atoms with Crippen LogP contribution in [0.25, 0.3) is 5.82 Å². The van der Waals surface area contributed by atoms with Gasteiger partial charge in [-0.1, -0.05) is 0 Å². The largest absolute Gasteiger partial charge is 0.494 e. The van der Waals surface area contributed by atoms with Crippen molar-refractivity contribution in [2.45, 2.75) is 6.92 Å². The van der Waals surface area contributed by atoms with Gasteiger partial charge in [-0.25, -0.2) is 19.5 Å². The fraction of sp³-hybridized carbons (Fsp3) is 0.0833. The summed E-state index contributed by atoms with van der Waals surface area (Å²) >= 11 is 0. The van der Waals surface area contributed by atoms with E-state index in [1.165, 1.54) is 35.5 Å². The van der Waals surface area contributed by atoms with E-state index in [1.807, 2.05) is 6.92 Å². The first kappa shape index (κ1) is 21.0. The van der Waals surface area contributed by atoms with Crippen molar-refractivity contribution in [3.63, 3.8) is 0 Å². The van der Waals surface area contributed by atoms with Crippen molar-refractivity contribution < 1.29 is 19.1 Å². The minimum atomic E-state index is -0.497. The lowest BCUT2D eigenvalue weighted by Crippen LogP contribution is -2.29. The maximum Gasteiger partial charge on any atom is 0.266 e. The summed E-state index contributed by atoms with van der Waals surface area (Å²) in [6, 6.07) is 14.5. The van der Waals surface area contributed by atoms with Crippen LogP contribution in [0.3, 0.4) is 0 Å². The summed E-state index contributed by atoms with van der Waals surface area (Å²) in [5.41, 5.74) is 1.46. The summed E-state index contributed by atoms with van der Waals surface area (Å²) in [5, 5.41) is 6.82. The molecule has 2 aromatic heterocycles. The molecule has 34 heavy (non-hydrogen) atoms. The molecular weight excluding hydrogens is 436 g/mol. The number of rotatable bonds is 6. The van der Waals surface area contributed by atoms with Gasteiger partial charge in [-0.3, -0.25) is 14.4 Å². The summed E-state index contributed by atoms with van der Waals surface area (Å²) in [7, 11) is 0. The number of nitrogens with one attached hydrogen (secondary N) is 1. The molecule has 0 bridgehead atoms. The number of ether oxygens (including phenoxy) is 1. The monoisotopic (exact) mass is 454 g/mol. The minimum absolute atomic E-state index is 0.161. The Morgan fingerprint density at radius 1 is 1.03 bits per heavy atom. The smallest absolute Gasteiger partial charge is 0.266 e. The van der Waals surface area contributed by atoms with Crippen molar-refractivity contribution in [1.82, 2.24) is 19.7 Å². The fourth-order valence-electron chi connectivity index (χ4n) is 3.66. The van der Waals surface area contributed by atoms with E-state index in [0.717, 1.165) is 4.90 Å². The van der Waals surface area contributed by atoms with Gasteiger partial charge >= 0.3 is 0 Å². The molecule has 168 valence electrons. The van der Waals surface area contributed by atoms with Crippen molar-refractivity contribution in [1.29, 1.82) is 0 Å². The number of hydrogen-bond acceptors (Lipinski definition) is 7. The number of hydrogen-bond donors (Lipinski definition) is 1. The molecule has 0 saturated carbocycles. The lowest BCUT2D eigenvalue weighted by Gasteiger charge is -2.14. The van der Waals surface area contributed by atoms with Crippen LogP contribution in [0.2, 0.25) is 0 Å². The van der Waals surface area contributed by atoms with E-state index in [0.29, 0.717) is 29.5 Å². The first-order chi connectivity index (χ1) is 16.6. The Labute approximate surface area is 193 Å². The van der Waals surface area contributed by atoms with Gasteiger partial charge in [0.25, 0.3) is 17.7 Å². The number of amides is 3. The standard InChI is InChI=1S/C24H18N6O4/c1-2-34-17-8-6-16(7-9-17)30-23(32)18-10-5-15(12-19(18)24(30)33)22(31)28-20-4-3-11-26-21(20)29-14-25-13-27-29/h3-14H,2H2,1H3,(H,28,31). The highest BCUT2D eigenvalue weighted by Gasteiger charge is 2.37. The predicted octanol–water partition coefficient (Wildman–Crippen LogP) is 3.11. The molecule has 0 radical (unpaired) electrons. The van der Waals surface area contributed by atoms with Crippen LogP contribution < -0.4 is 15.0 Å². The van der Waals surface area contributed by atoms with Gasteiger partial charge in [-0.2, -0.15) is 5.10 Å². The maximum atomic E-state index is 13.1. The first-order valence-corrected chi connectivity index (χ1v) is 10.4. The van der Waals surface area contributed by atoms with Gasteiger partial charge < -0.3 is 10.1 Å². The van der Waals surface area contributed by atoms with Crippen LogP contribution in [-0.2, 0) is 0 Å². The number of carbonyl (C=O) groups is 3. The Morgan fingerprint density at radius 2 is 1.82 bits per heavy atom. The molecule has 3 amide bonds. The highest BCUT2D eigenvalue weighted by atomic mass is 16.5. The summed E-state index contributed by atoms with van der Waals surface area (Å²) < 4.78 is 6.84. The highest BCUT2D eigenvalue weighted by molar-refractivity contribution is 6.34. The van der Waals surface area contributed by atoms with Crippen LogP contribution in [0.15, 0.2) is 73.4 Å². The quantitative estimate of drug-likeness (QED) is 0.445. The Kier molecular flexibility index (Phi) is 5.30. The van der Waals surface area contributed by atoms with Crippen molar-refractivity contribution in [2.24, 2.45) is 0 Å². The van der Waals surface area contributed by atoms with Crippen molar-refractivity contribution in [3.05, 3.63) is 90.1 Å². The van der Waals surface area contributed by atoms with E-state index in [-0.39, 0.29) is 16.7 Å². The van der Waals surface area contributed by atoms with E-state index >= 15 is 0 Å². The second kappa shape index (κ2) is 8.58. The van der Waals surface area contributed by atoms with E-state index in [1.54, 1.807) is 42.6 Å². The molecule has 0 aliphatic carbocycles. The van der Waals surface area contributed by atoms with Gasteiger partial charge in [0.2, 0.25) is 0 Å². The zero-order chi connectivity index (χ0) is 23.7. The van der Waals surface area contributed by atoms with Gasteiger partial charge in [0.15, 0.2) is 5.82 Å². The van der Waals surface area contributed by atoms with Crippen molar-refractivity contribution in [2.75, 3.05) is 16.8 Å². The molecule has 5 rings (SSSR count). The first-order valence-electron chi connectivity index (χ1n) is 10.4. The Morgan fingerprint density at radius 3 is 2.56 bits per heavy atom. The Balaban J connectivity index is 1.41. The molecule has 0 unspecified atom stereocenters. The third-order valence-electron chi connectivity index (χ3n) is 5.23. The lowest BCUT2D eigenvalue weighted by molar-refractivity contribution is 0.0925. The average Bonchev–Trinajstić information content (AvgIpc) is 3.47. The highest BCUT2D eigenvalue weighted by Crippen LogP contribution is 2.30. The number of fused-ring (bicyclic) bond motifs is 1. The molecule has 1 N–H and O–H groups in total. The zero-order valence-corrected chi connectivity index (χ0v) is 18.0. The SMILES string of the molecule is CCOc1ccc(N2C(=O)c3ccc(C(=O)Nc4cccnc4-n4cncn4)cc3C2=O)cc1. The molecule has 0 spiro atoms. The van der Waals surface area contributed by atoms with Crippen molar-refractivity contribution >= 4 is 29.1 Å². The molecule has 4 aromatic rings. The van der Waals surface area contributed by atoms with E-state index in [9.17, 15) is 14.4 Å². The average molecular weight is 454 g/mol. The minimum Gasteiger partial charge on any atom is -0.494 e. The van der Waals surface area contributed by atoms with Gasteiger partial charge in [0.1, 0.15) is 18.4 Å². The van der Waals surface area contributed by atoms with Crippen LogP contribution in [0.1, 0.15) is 38.0 Å². The van der Waals surface area contributed by atoms with Crippen LogP contribution >= 0.6 is 0 Å². The van der Waals surface area contributed by atoms with Gasteiger partial charge in [-0.15, -0.1) is 0 Å². The third-order valence-corrected chi connectivity index (χ3v) is 5.23. The lowest BCUT2D eigenvalue weighted by atomic mass is 10.1. The number of benzene rings is 2. The van der Waals surface area contributed by atoms with Gasteiger partial charge in [-0.05, 0) is 61.5 Å². The third kappa shape index (κ3) is 3.66. The maximum absolute atomic E-state index is 13.1. The number of carbonyl (C=O) groups excluding carboxylic acids is 3. The predicted molar refractivity (Wildman–Crippen MR) is 122 cm³/mol. The molecule has 1 aliphatic heterocycles. The van der Waals surface area contributed by atoms with Gasteiger partial charge in [0.05, 0.1) is 29.1 Å². The van der Waals surface area contributed by atoms with E-state index < -0.39 is 17.7 Å². The summed E-state index contributed by atoms with van der Waals surface area (Å²) in [6.45, 7) is 2.38. The number of aromatic nitrogens is 4. The normalized spacial score (nSPS) is 12.6. The fourth-order valence-corrected chi connectivity index (χ4v) is 3.66. The molecular formula is C24H18N6O4. The molecule has 3 heterocycles. The topological polar surface area (TPSA) is 119 Å². The van der Waals surface area contributed by atoms with Crippen molar-refractivity contribution in [3.8, 4) is 11.6 Å². The zero-order valence-electron chi connectivity index (χ0n) is 18.0. The molecule has 1 aliphatic rings. The summed E-state index contributed by atoms with van der Waals surface area (Å²) in [6.07, 6.45) is 4.40. The molecule has 2 aromatic carbocycles.